The molecule has 4 heteroatoms. The minimum absolute atomic E-state index is 0.0208. The molecular weight excluding hydrogens is 262 g/mol. The van der Waals surface area contributed by atoms with Gasteiger partial charge in [-0.1, -0.05) is 33.1 Å². The van der Waals surface area contributed by atoms with Crippen molar-refractivity contribution in [1.29, 1.82) is 0 Å². The molecule has 0 aromatic rings. The van der Waals surface area contributed by atoms with Gasteiger partial charge in [0.1, 0.15) is 0 Å². The van der Waals surface area contributed by atoms with E-state index in [2.05, 4.69) is 36.3 Å². The Kier molecular flexibility index (Phi) is 6.34. The van der Waals surface area contributed by atoms with E-state index in [-0.39, 0.29) is 12.1 Å². The standard InChI is InChI=1S/C17H33N3O/c1-13-9-14(2)11-20(10-13)12-15(3)18-17(21)19-16-7-5-4-6-8-16/h13-16H,4-12H2,1-3H3,(H2,18,19,21)/t13-,14-,15+/m1/s1. The van der Waals surface area contributed by atoms with Crippen molar-refractivity contribution in [2.75, 3.05) is 19.6 Å². The second-order valence-electron chi connectivity index (χ2n) is 7.52. The van der Waals surface area contributed by atoms with Crippen LogP contribution < -0.4 is 10.6 Å². The molecule has 1 heterocycles. The predicted octanol–water partition coefficient (Wildman–Crippen LogP) is 2.98. The van der Waals surface area contributed by atoms with E-state index >= 15 is 0 Å². The zero-order valence-corrected chi connectivity index (χ0v) is 14.0. The van der Waals surface area contributed by atoms with Gasteiger partial charge in [-0.15, -0.1) is 0 Å². The summed E-state index contributed by atoms with van der Waals surface area (Å²) in [5.41, 5.74) is 0. The number of urea groups is 1. The maximum absolute atomic E-state index is 12.1. The number of likely N-dealkylation sites (tertiary alicyclic amines) is 1. The highest BCUT2D eigenvalue weighted by Gasteiger charge is 2.23. The van der Waals surface area contributed by atoms with E-state index in [0.29, 0.717) is 6.04 Å². The molecule has 2 rings (SSSR count). The van der Waals surface area contributed by atoms with Crippen molar-refractivity contribution in [2.24, 2.45) is 11.8 Å². The molecule has 0 unspecified atom stereocenters. The third-order valence-electron chi connectivity index (χ3n) is 4.79. The van der Waals surface area contributed by atoms with Gasteiger partial charge in [0.05, 0.1) is 0 Å². The van der Waals surface area contributed by atoms with E-state index in [1.807, 2.05) is 0 Å². The number of nitrogens with zero attached hydrogens (tertiary/aromatic N) is 1. The van der Waals surface area contributed by atoms with Crippen LogP contribution in [-0.4, -0.2) is 42.6 Å². The second kappa shape index (κ2) is 8.02. The van der Waals surface area contributed by atoms with Gasteiger partial charge in [0, 0.05) is 31.7 Å². The van der Waals surface area contributed by atoms with Crippen LogP contribution in [0, 0.1) is 11.8 Å². The molecule has 0 bridgehead atoms. The number of piperidine rings is 1. The van der Waals surface area contributed by atoms with E-state index in [1.165, 1.54) is 38.8 Å². The zero-order chi connectivity index (χ0) is 15.2. The number of hydrogen-bond acceptors (Lipinski definition) is 2. The lowest BCUT2D eigenvalue weighted by Crippen LogP contribution is -2.51. The Morgan fingerprint density at radius 1 is 1.14 bits per heavy atom. The van der Waals surface area contributed by atoms with Gasteiger partial charge in [0.2, 0.25) is 0 Å². The summed E-state index contributed by atoms with van der Waals surface area (Å²) in [4.78, 5) is 14.6. The predicted molar refractivity (Wildman–Crippen MR) is 87.4 cm³/mol. The zero-order valence-electron chi connectivity index (χ0n) is 14.0. The van der Waals surface area contributed by atoms with Crippen LogP contribution in [0.4, 0.5) is 4.79 Å². The first-order valence-electron chi connectivity index (χ1n) is 8.82. The molecule has 0 spiro atoms. The highest BCUT2D eigenvalue weighted by Crippen LogP contribution is 2.21. The lowest BCUT2D eigenvalue weighted by molar-refractivity contribution is 0.131. The minimum Gasteiger partial charge on any atom is -0.335 e. The van der Waals surface area contributed by atoms with Crippen LogP contribution in [0.2, 0.25) is 0 Å². The third kappa shape index (κ3) is 5.85. The van der Waals surface area contributed by atoms with Crippen molar-refractivity contribution < 1.29 is 4.79 Å². The molecule has 2 aliphatic rings. The summed E-state index contributed by atoms with van der Waals surface area (Å²) >= 11 is 0. The normalized spacial score (nSPS) is 29.9. The van der Waals surface area contributed by atoms with Crippen LogP contribution in [0.5, 0.6) is 0 Å². The molecule has 1 aliphatic carbocycles. The Hall–Kier alpha value is -0.770. The van der Waals surface area contributed by atoms with E-state index < -0.39 is 0 Å². The van der Waals surface area contributed by atoms with Gasteiger partial charge < -0.3 is 15.5 Å². The average molecular weight is 295 g/mol. The van der Waals surface area contributed by atoms with E-state index in [9.17, 15) is 4.79 Å². The molecule has 21 heavy (non-hydrogen) atoms. The molecule has 0 radical (unpaired) electrons. The Morgan fingerprint density at radius 2 is 1.76 bits per heavy atom. The highest BCUT2D eigenvalue weighted by molar-refractivity contribution is 5.74. The molecule has 0 aromatic heterocycles. The largest absolute Gasteiger partial charge is 0.335 e. The van der Waals surface area contributed by atoms with Crippen molar-refractivity contribution in [1.82, 2.24) is 15.5 Å². The summed E-state index contributed by atoms with van der Waals surface area (Å²) in [7, 11) is 0. The summed E-state index contributed by atoms with van der Waals surface area (Å²) < 4.78 is 0. The van der Waals surface area contributed by atoms with Crippen LogP contribution >= 0.6 is 0 Å². The van der Waals surface area contributed by atoms with E-state index in [4.69, 9.17) is 0 Å². The summed E-state index contributed by atoms with van der Waals surface area (Å²) in [6.07, 6.45) is 7.45. The fraction of sp³-hybridized carbons (Fsp3) is 0.941. The van der Waals surface area contributed by atoms with Crippen molar-refractivity contribution >= 4 is 6.03 Å². The van der Waals surface area contributed by atoms with Gasteiger partial charge in [0.25, 0.3) is 0 Å². The van der Waals surface area contributed by atoms with Crippen LogP contribution in [0.1, 0.15) is 59.3 Å². The number of rotatable bonds is 4. The summed E-state index contributed by atoms with van der Waals surface area (Å²) in [6.45, 7) is 10.1. The van der Waals surface area contributed by atoms with Crippen LogP contribution in [0.15, 0.2) is 0 Å². The molecule has 2 N–H and O–H groups in total. The lowest BCUT2D eigenvalue weighted by atomic mass is 9.92. The molecule has 122 valence electrons. The summed E-state index contributed by atoms with van der Waals surface area (Å²) in [6, 6.07) is 0.625. The second-order valence-corrected chi connectivity index (χ2v) is 7.52. The molecule has 1 saturated heterocycles. The van der Waals surface area contributed by atoms with E-state index in [1.54, 1.807) is 0 Å². The summed E-state index contributed by atoms with van der Waals surface area (Å²) in [5.74, 6) is 1.55. The Morgan fingerprint density at radius 3 is 2.38 bits per heavy atom. The molecule has 3 atom stereocenters. The Bertz CT molecular complexity index is 318. The Labute approximate surface area is 130 Å². The molecule has 1 saturated carbocycles. The third-order valence-corrected chi connectivity index (χ3v) is 4.79. The van der Waals surface area contributed by atoms with Gasteiger partial charge in [0.15, 0.2) is 0 Å². The first kappa shape index (κ1) is 16.6. The first-order chi connectivity index (χ1) is 10.0. The smallest absolute Gasteiger partial charge is 0.315 e. The molecular formula is C17H33N3O. The van der Waals surface area contributed by atoms with Crippen molar-refractivity contribution in [2.45, 2.75) is 71.4 Å². The fourth-order valence-corrected chi connectivity index (χ4v) is 4.07. The van der Waals surface area contributed by atoms with Gasteiger partial charge in [-0.05, 0) is 38.0 Å². The SMILES string of the molecule is C[C@@H]1C[C@@H](C)CN(C[C@H](C)NC(=O)NC2CCCCC2)C1. The van der Waals surface area contributed by atoms with Crippen molar-refractivity contribution in [3.05, 3.63) is 0 Å². The maximum atomic E-state index is 12.1. The molecule has 4 nitrogen and oxygen atoms in total. The number of amides is 2. The monoisotopic (exact) mass is 295 g/mol. The van der Waals surface area contributed by atoms with Crippen LogP contribution in [0.25, 0.3) is 0 Å². The number of hydrogen-bond donors (Lipinski definition) is 2. The van der Waals surface area contributed by atoms with E-state index in [0.717, 1.165) is 31.2 Å². The summed E-state index contributed by atoms with van der Waals surface area (Å²) in [5, 5.41) is 6.25. The van der Waals surface area contributed by atoms with Gasteiger partial charge in [-0.25, -0.2) is 4.79 Å². The molecule has 0 aromatic carbocycles. The maximum Gasteiger partial charge on any atom is 0.315 e. The highest BCUT2D eigenvalue weighted by atomic mass is 16.2. The number of nitrogens with one attached hydrogen (secondary N) is 2. The van der Waals surface area contributed by atoms with Gasteiger partial charge in [-0.2, -0.15) is 0 Å². The Balaban J connectivity index is 1.68. The fourth-order valence-electron chi connectivity index (χ4n) is 4.07. The van der Waals surface area contributed by atoms with Gasteiger partial charge in [-0.3, -0.25) is 0 Å². The number of carbonyl (C=O) groups excluding carboxylic acids is 1. The average Bonchev–Trinajstić information content (AvgIpc) is 2.37. The van der Waals surface area contributed by atoms with Crippen molar-refractivity contribution in [3.63, 3.8) is 0 Å². The van der Waals surface area contributed by atoms with Crippen LogP contribution in [-0.2, 0) is 0 Å². The minimum atomic E-state index is 0.0208. The quantitative estimate of drug-likeness (QED) is 0.837. The van der Waals surface area contributed by atoms with Crippen LogP contribution in [0.3, 0.4) is 0 Å². The topological polar surface area (TPSA) is 44.4 Å². The first-order valence-corrected chi connectivity index (χ1v) is 8.82. The molecule has 1 aliphatic heterocycles. The molecule has 2 amide bonds. The van der Waals surface area contributed by atoms with Crippen molar-refractivity contribution in [3.8, 4) is 0 Å². The lowest BCUT2D eigenvalue weighted by Gasteiger charge is -2.36. The number of carbonyl (C=O) groups is 1. The molecule has 2 fully saturated rings. The van der Waals surface area contributed by atoms with Gasteiger partial charge >= 0.3 is 6.03 Å².